The van der Waals surface area contributed by atoms with Crippen molar-refractivity contribution >= 4 is 28.6 Å². The van der Waals surface area contributed by atoms with Gasteiger partial charge in [0, 0.05) is 18.9 Å². The summed E-state index contributed by atoms with van der Waals surface area (Å²) in [5.74, 6) is -1.47. The molecule has 0 aliphatic carbocycles. The van der Waals surface area contributed by atoms with Crippen LogP contribution in [0, 0.1) is 5.92 Å². The van der Waals surface area contributed by atoms with E-state index < -0.39 is 17.9 Å². The number of nitrogens with one attached hydrogen (secondary N) is 2. The van der Waals surface area contributed by atoms with E-state index in [4.69, 9.17) is 4.74 Å². The first-order chi connectivity index (χ1) is 18.0. The van der Waals surface area contributed by atoms with Crippen LogP contribution in [0.5, 0.6) is 0 Å². The van der Waals surface area contributed by atoms with Crippen molar-refractivity contribution in [2.45, 2.75) is 65.0 Å². The van der Waals surface area contributed by atoms with Crippen molar-refractivity contribution in [3.05, 3.63) is 83.9 Å². The molecule has 2 amide bonds. The van der Waals surface area contributed by atoms with Crippen molar-refractivity contribution in [1.29, 1.82) is 0 Å². The SMILES string of the molecule is CCCCCC(CC(=O)OCC)C(=O)N[C@@H](Cc1ccc2ccccc2c1)C(=O)NCc1ccccc1. The Labute approximate surface area is 219 Å². The molecule has 0 aromatic heterocycles. The minimum atomic E-state index is -0.770. The molecule has 0 heterocycles. The Kier molecular flexibility index (Phi) is 11.2. The molecule has 0 spiro atoms. The molecule has 37 heavy (non-hydrogen) atoms. The normalized spacial score (nSPS) is 12.5. The van der Waals surface area contributed by atoms with E-state index in [1.54, 1.807) is 6.92 Å². The van der Waals surface area contributed by atoms with Crippen LogP contribution >= 0.6 is 0 Å². The molecule has 196 valence electrons. The van der Waals surface area contributed by atoms with Crippen molar-refractivity contribution in [1.82, 2.24) is 10.6 Å². The first-order valence-corrected chi connectivity index (χ1v) is 13.3. The van der Waals surface area contributed by atoms with Crippen LogP contribution in [0.15, 0.2) is 72.8 Å². The highest BCUT2D eigenvalue weighted by Crippen LogP contribution is 2.19. The summed E-state index contributed by atoms with van der Waals surface area (Å²) in [5.41, 5.74) is 1.93. The number of unbranched alkanes of at least 4 members (excludes halogenated alkanes) is 2. The molecular formula is C31H38N2O4. The molecule has 0 aliphatic heterocycles. The highest BCUT2D eigenvalue weighted by molar-refractivity contribution is 5.90. The lowest BCUT2D eigenvalue weighted by molar-refractivity contribution is -0.146. The lowest BCUT2D eigenvalue weighted by atomic mass is 9.95. The maximum Gasteiger partial charge on any atom is 0.306 e. The van der Waals surface area contributed by atoms with E-state index in [0.29, 0.717) is 19.4 Å². The molecule has 0 saturated carbocycles. The fraction of sp³-hybridized carbons (Fsp3) is 0.387. The maximum atomic E-state index is 13.4. The molecule has 2 N–H and O–H groups in total. The molecule has 6 nitrogen and oxygen atoms in total. The van der Waals surface area contributed by atoms with Crippen LogP contribution < -0.4 is 10.6 Å². The Bertz CT molecular complexity index is 1160. The lowest BCUT2D eigenvalue weighted by Crippen LogP contribution is -2.49. The van der Waals surface area contributed by atoms with Crippen molar-refractivity contribution in [2.75, 3.05) is 6.61 Å². The molecule has 0 radical (unpaired) electrons. The zero-order valence-corrected chi connectivity index (χ0v) is 21.9. The Balaban J connectivity index is 1.77. The molecule has 3 rings (SSSR count). The van der Waals surface area contributed by atoms with Gasteiger partial charge in [0.05, 0.1) is 13.0 Å². The second-order valence-corrected chi connectivity index (χ2v) is 9.35. The van der Waals surface area contributed by atoms with Crippen molar-refractivity contribution in [3.63, 3.8) is 0 Å². The van der Waals surface area contributed by atoms with E-state index in [1.165, 1.54) is 0 Å². The first kappa shape index (κ1) is 27.9. The summed E-state index contributed by atoms with van der Waals surface area (Å²) in [6.07, 6.45) is 3.76. The van der Waals surface area contributed by atoms with Crippen molar-refractivity contribution < 1.29 is 19.1 Å². The minimum Gasteiger partial charge on any atom is -0.466 e. The highest BCUT2D eigenvalue weighted by Gasteiger charge is 2.27. The summed E-state index contributed by atoms with van der Waals surface area (Å²) in [6, 6.07) is 23.0. The van der Waals surface area contributed by atoms with Gasteiger partial charge in [-0.3, -0.25) is 14.4 Å². The molecule has 0 saturated heterocycles. The first-order valence-electron chi connectivity index (χ1n) is 13.3. The van der Waals surface area contributed by atoms with Crippen LogP contribution in [0.1, 0.15) is 57.1 Å². The zero-order valence-electron chi connectivity index (χ0n) is 21.9. The number of hydrogen-bond donors (Lipinski definition) is 2. The Morgan fingerprint density at radius 3 is 2.27 bits per heavy atom. The van der Waals surface area contributed by atoms with Crippen LogP contribution in [0.2, 0.25) is 0 Å². The van der Waals surface area contributed by atoms with Gasteiger partial charge in [0.25, 0.3) is 0 Å². The number of benzene rings is 3. The number of esters is 1. The molecule has 3 aromatic rings. The van der Waals surface area contributed by atoms with Gasteiger partial charge in [-0.15, -0.1) is 0 Å². The van der Waals surface area contributed by atoms with E-state index in [2.05, 4.69) is 23.6 Å². The number of carbonyl (C=O) groups excluding carboxylic acids is 3. The van der Waals surface area contributed by atoms with Crippen LogP contribution in [-0.4, -0.2) is 30.4 Å². The fourth-order valence-electron chi connectivity index (χ4n) is 4.40. The van der Waals surface area contributed by atoms with Gasteiger partial charge in [-0.05, 0) is 35.2 Å². The number of hydrogen-bond acceptors (Lipinski definition) is 4. The molecule has 0 bridgehead atoms. The Hall–Kier alpha value is -3.67. The van der Waals surface area contributed by atoms with E-state index in [9.17, 15) is 14.4 Å². The summed E-state index contributed by atoms with van der Waals surface area (Å²) >= 11 is 0. The van der Waals surface area contributed by atoms with E-state index >= 15 is 0 Å². The third-order valence-electron chi connectivity index (χ3n) is 6.44. The van der Waals surface area contributed by atoms with Gasteiger partial charge < -0.3 is 15.4 Å². The smallest absolute Gasteiger partial charge is 0.306 e. The van der Waals surface area contributed by atoms with Crippen LogP contribution in [0.4, 0.5) is 0 Å². The second-order valence-electron chi connectivity index (χ2n) is 9.35. The van der Waals surface area contributed by atoms with Crippen molar-refractivity contribution in [3.8, 4) is 0 Å². The lowest BCUT2D eigenvalue weighted by Gasteiger charge is -2.22. The Morgan fingerprint density at radius 2 is 1.54 bits per heavy atom. The van der Waals surface area contributed by atoms with Gasteiger partial charge >= 0.3 is 5.97 Å². The van der Waals surface area contributed by atoms with Crippen LogP contribution in [-0.2, 0) is 32.1 Å². The largest absolute Gasteiger partial charge is 0.466 e. The molecular weight excluding hydrogens is 464 g/mol. The predicted octanol–water partition coefficient (Wildman–Crippen LogP) is 5.33. The van der Waals surface area contributed by atoms with Crippen LogP contribution in [0.3, 0.4) is 0 Å². The molecule has 0 aliphatic rings. The van der Waals surface area contributed by atoms with Gasteiger partial charge in [0.1, 0.15) is 6.04 Å². The van der Waals surface area contributed by atoms with Gasteiger partial charge in [-0.25, -0.2) is 0 Å². The zero-order chi connectivity index (χ0) is 26.5. The predicted molar refractivity (Wildman–Crippen MR) is 147 cm³/mol. The Morgan fingerprint density at radius 1 is 0.811 bits per heavy atom. The second kappa shape index (κ2) is 14.8. The molecule has 2 atom stereocenters. The topological polar surface area (TPSA) is 84.5 Å². The monoisotopic (exact) mass is 502 g/mol. The number of carbonyl (C=O) groups is 3. The number of ether oxygens (including phenoxy) is 1. The molecule has 1 unspecified atom stereocenters. The number of rotatable bonds is 14. The minimum absolute atomic E-state index is 0.0116. The summed E-state index contributed by atoms with van der Waals surface area (Å²) in [7, 11) is 0. The molecule has 0 fully saturated rings. The summed E-state index contributed by atoms with van der Waals surface area (Å²) in [5, 5.41) is 8.13. The summed E-state index contributed by atoms with van der Waals surface area (Å²) < 4.78 is 5.11. The van der Waals surface area contributed by atoms with E-state index in [0.717, 1.165) is 41.2 Å². The third kappa shape index (κ3) is 9.05. The fourth-order valence-corrected chi connectivity index (χ4v) is 4.40. The average Bonchev–Trinajstić information content (AvgIpc) is 2.91. The molecule has 6 heteroatoms. The standard InChI is InChI=1S/C31H38N2O4/c1-3-5-7-16-27(21-29(34)37-4-2)30(35)33-28(31(36)32-22-23-12-8-6-9-13-23)20-24-17-18-25-14-10-11-15-26(25)19-24/h6,8-15,17-19,27-28H,3-5,7,16,20-22H2,1-2H3,(H,32,36)(H,33,35)/t27?,28-/m0/s1. The van der Waals surface area contributed by atoms with Crippen molar-refractivity contribution in [2.24, 2.45) is 5.92 Å². The van der Waals surface area contributed by atoms with Crippen LogP contribution in [0.25, 0.3) is 10.8 Å². The van der Waals surface area contributed by atoms with Gasteiger partial charge in [0.2, 0.25) is 11.8 Å². The quantitative estimate of drug-likeness (QED) is 0.230. The summed E-state index contributed by atoms with van der Waals surface area (Å²) in [6.45, 7) is 4.49. The summed E-state index contributed by atoms with van der Waals surface area (Å²) in [4.78, 5) is 38.9. The maximum absolute atomic E-state index is 13.4. The highest BCUT2D eigenvalue weighted by atomic mass is 16.5. The van der Waals surface area contributed by atoms with E-state index in [-0.39, 0.29) is 24.8 Å². The number of amides is 2. The van der Waals surface area contributed by atoms with Gasteiger partial charge in [-0.1, -0.05) is 99.0 Å². The third-order valence-corrected chi connectivity index (χ3v) is 6.44. The average molecular weight is 503 g/mol. The van der Waals surface area contributed by atoms with Gasteiger partial charge in [-0.2, -0.15) is 0 Å². The van der Waals surface area contributed by atoms with Gasteiger partial charge in [0.15, 0.2) is 0 Å². The van der Waals surface area contributed by atoms with E-state index in [1.807, 2.05) is 66.7 Å². The number of fused-ring (bicyclic) bond motifs is 1. The molecule has 3 aromatic carbocycles.